The van der Waals surface area contributed by atoms with Crippen LogP contribution in [0.3, 0.4) is 0 Å². The van der Waals surface area contributed by atoms with E-state index in [2.05, 4.69) is 0 Å². The number of thioether (sulfide) groups is 1. The number of carboxylic acids is 1. The van der Waals surface area contributed by atoms with Crippen LogP contribution >= 0.6 is 11.8 Å². The van der Waals surface area contributed by atoms with Crippen LogP contribution in [0.5, 0.6) is 0 Å². The minimum Gasteiger partial charge on any atom is -0.481 e. The highest BCUT2D eigenvalue weighted by Crippen LogP contribution is 2.54. The van der Waals surface area contributed by atoms with Crippen molar-refractivity contribution in [3.63, 3.8) is 0 Å². The van der Waals surface area contributed by atoms with Gasteiger partial charge in [0.25, 0.3) is 0 Å². The lowest BCUT2D eigenvalue weighted by Gasteiger charge is -2.17. The number of rotatable bonds is 4. The molecule has 1 saturated carbocycles. The Labute approximate surface area is 97.9 Å². The predicted octanol–water partition coefficient (Wildman–Crippen LogP) is 3.05. The monoisotopic (exact) mass is 240 g/mol. The number of aliphatic carboxylic acids is 1. The molecule has 1 aliphatic rings. The summed E-state index contributed by atoms with van der Waals surface area (Å²) in [6.45, 7) is 0. The van der Waals surface area contributed by atoms with Crippen LogP contribution in [0.1, 0.15) is 24.8 Å². The SMILES string of the molecule is CSc1cccc(F)c1C1(CC(=O)O)CC1. The molecule has 0 radical (unpaired) electrons. The highest BCUT2D eigenvalue weighted by molar-refractivity contribution is 7.98. The van der Waals surface area contributed by atoms with Crippen LogP contribution in [-0.2, 0) is 10.2 Å². The van der Waals surface area contributed by atoms with Crippen molar-refractivity contribution in [2.45, 2.75) is 29.6 Å². The summed E-state index contributed by atoms with van der Waals surface area (Å²) in [5.74, 6) is -1.13. The standard InChI is InChI=1S/C12H13FO2S/c1-16-9-4-2-3-8(13)11(9)12(5-6-12)7-10(14)15/h2-4H,5-7H2,1H3,(H,14,15). The molecule has 1 N–H and O–H groups in total. The van der Waals surface area contributed by atoms with Crippen molar-refractivity contribution in [1.82, 2.24) is 0 Å². The molecule has 0 saturated heterocycles. The number of halogens is 1. The summed E-state index contributed by atoms with van der Waals surface area (Å²) in [5.41, 5.74) is 0.153. The Kier molecular flexibility index (Phi) is 2.93. The van der Waals surface area contributed by atoms with Crippen LogP contribution in [0.25, 0.3) is 0 Å². The molecule has 0 aliphatic heterocycles. The van der Waals surface area contributed by atoms with Crippen molar-refractivity contribution in [2.24, 2.45) is 0 Å². The predicted molar refractivity (Wildman–Crippen MR) is 61.3 cm³/mol. The second kappa shape index (κ2) is 4.09. The van der Waals surface area contributed by atoms with Crippen molar-refractivity contribution < 1.29 is 14.3 Å². The minimum absolute atomic E-state index is 0.0293. The summed E-state index contributed by atoms with van der Waals surface area (Å²) in [6.07, 6.45) is 3.46. The van der Waals surface area contributed by atoms with E-state index in [0.29, 0.717) is 5.56 Å². The zero-order valence-electron chi connectivity index (χ0n) is 9.00. The fraction of sp³-hybridized carbons (Fsp3) is 0.417. The van der Waals surface area contributed by atoms with Crippen molar-refractivity contribution in [3.05, 3.63) is 29.6 Å². The first kappa shape index (κ1) is 11.5. The van der Waals surface area contributed by atoms with Gasteiger partial charge in [-0.25, -0.2) is 4.39 Å². The molecule has 1 fully saturated rings. The number of hydrogen-bond acceptors (Lipinski definition) is 2. The molecule has 1 aromatic carbocycles. The van der Waals surface area contributed by atoms with Gasteiger partial charge in [0, 0.05) is 15.9 Å². The number of carbonyl (C=O) groups is 1. The third-order valence-corrected chi connectivity index (χ3v) is 3.85. The third kappa shape index (κ3) is 1.94. The maximum Gasteiger partial charge on any atom is 0.304 e. The Hall–Kier alpha value is -1.03. The van der Waals surface area contributed by atoms with Gasteiger partial charge >= 0.3 is 5.97 Å². The molecule has 1 aromatic rings. The van der Waals surface area contributed by atoms with Crippen LogP contribution in [0, 0.1) is 5.82 Å². The van der Waals surface area contributed by atoms with E-state index in [4.69, 9.17) is 5.11 Å². The fourth-order valence-corrected chi connectivity index (χ4v) is 2.88. The quantitative estimate of drug-likeness (QED) is 0.822. The number of hydrogen-bond donors (Lipinski definition) is 1. The van der Waals surface area contributed by atoms with Gasteiger partial charge < -0.3 is 5.11 Å². The summed E-state index contributed by atoms with van der Waals surface area (Å²) >= 11 is 1.47. The van der Waals surface area contributed by atoms with Gasteiger partial charge in [0.2, 0.25) is 0 Å². The normalized spacial score (nSPS) is 17.1. The van der Waals surface area contributed by atoms with E-state index in [1.807, 2.05) is 12.3 Å². The molecule has 1 aliphatic carbocycles. The maximum atomic E-state index is 13.8. The topological polar surface area (TPSA) is 37.3 Å². The van der Waals surface area contributed by atoms with Crippen molar-refractivity contribution >= 4 is 17.7 Å². The van der Waals surface area contributed by atoms with Crippen molar-refractivity contribution in [2.75, 3.05) is 6.26 Å². The Morgan fingerprint density at radius 1 is 1.56 bits per heavy atom. The smallest absolute Gasteiger partial charge is 0.304 e. The number of carboxylic acid groups (broad SMARTS) is 1. The van der Waals surface area contributed by atoms with E-state index in [1.165, 1.54) is 17.8 Å². The Morgan fingerprint density at radius 2 is 2.25 bits per heavy atom. The Bertz CT molecular complexity index is 427. The van der Waals surface area contributed by atoms with Gasteiger partial charge in [0.1, 0.15) is 5.82 Å². The summed E-state index contributed by atoms with van der Waals surface area (Å²) < 4.78 is 13.8. The van der Waals surface area contributed by atoms with Crippen molar-refractivity contribution in [1.29, 1.82) is 0 Å². The molecule has 86 valence electrons. The maximum absolute atomic E-state index is 13.8. The average Bonchev–Trinajstić information content (AvgIpc) is 2.97. The first-order chi connectivity index (χ1) is 7.59. The second-order valence-electron chi connectivity index (χ2n) is 4.17. The van der Waals surface area contributed by atoms with E-state index in [0.717, 1.165) is 17.7 Å². The van der Waals surface area contributed by atoms with Crippen molar-refractivity contribution in [3.8, 4) is 0 Å². The lowest BCUT2D eigenvalue weighted by atomic mass is 9.92. The van der Waals surface area contributed by atoms with Crippen LogP contribution < -0.4 is 0 Å². The molecule has 0 spiro atoms. The van der Waals surface area contributed by atoms with E-state index in [9.17, 15) is 9.18 Å². The fourth-order valence-electron chi connectivity index (χ4n) is 2.14. The van der Waals surface area contributed by atoms with Crippen LogP contribution in [0.15, 0.2) is 23.1 Å². The summed E-state index contributed by atoms with van der Waals surface area (Å²) in [6, 6.07) is 4.93. The molecule has 0 atom stereocenters. The van der Waals surface area contributed by atoms with Gasteiger partial charge in [-0.05, 0) is 31.2 Å². The molecule has 0 aromatic heterocycles. The van der Waals surface area contributed by atoms with E-state index in [1.54, 1.807) is 6.07 Å². The first-order valence-corrected chi connectivity index (χ1v) is 6.36. The van der Waals surface area contributed by atoms with Gasteiger partial charge in [0.15, 0.2) is 0 Å². The van der Waals surface area contributed by atoms with Gasteiger partial charge in [-0.1, -0.05) is 6.07 Å². The van der Waals surface area contributed by atoms with Gasteiger partial charge in [0.05, 0.1) is 6.42 Å². The second-order valence-corrected chi connectivity index (χ2v) is 5.02. The van der Waals surface area contributed by atoms with Gasteiger partial charge in [-0.3, -0.25) is 4.79 Å². The molecule has 4 heteroatoms. The third-order valence-electron chi connectivity index (χ3n) is 3.07. The molecule has 0 heterocycles. The summed E-state index contributed by atoms with van der Waals surface area (Å²) in [5, 5.41) is 8.88. The average molecular weight is 240 g/mol. The number of benzene rings is 1. The summed E-state index contributed by atoms with van der Waals surface area (Å²) in [7, 11) is 0. The Balaban J connectivity index is 2.43. The summed E-state index contributed by atoms with van der Waals surface area (Å²) in [4.78, 5) is 11.7. The van der Waals surface area contributed by atoms with E-state index in [-0.39, 0.29) is 12.2 Å². The molecule has 0 bridgehead atoms. The molecule has 2 rings (SSSR count). The molecule has 0 unspecified atom stereocenters. The first-order valence-electron chi connectivity index (χ1n) is 5.14. The zero-order valence-corrected chi connectivity index (χ0v) is 9.81. The lowest BCUT2D eigenvalue weighted by Crippen LogP contribution is -2.15. The highest BCUT2D eigenvalue weighted by Gasteiger charge is 2.48. The molecule has 2 nitrogen and oxygen atoms in total. The largest absolute Gasteiger partial charge is 0.481 e. The highest BCUT2D eigenvalue weighted by atomic mass is 32.2. The van der Waals surface area contributed by atoms with E-state index < -0.39 is 11.4 Å². The molecule has 16 heavy (non-hydrogen) atoms. The van der Waals surface area contributed by atoms with Gasteiger partial charge in [-0.2, -0.15) is 0 Å². The van der Waals surface area contributed by atoms with Crippen LogP contribution in [0.2, 0.25) is 0 Å². The zero-order chi connectivity index (χ0) is 11.8. The van der Waals surface area contributed by atoms with E-state index >= 15 is 0 Å². The Morgan fingerprint density at radius 3 is 2.75 bits per heavy atom. The van der Waals surface area contributed by atoms with Crippen LogP contribution in [0.4, 0.5) is 4.39 Å². The minimum atomic E-state index is -0.854. The molecular formula is C12H13FO2S. The van der Waals surface area contributed by atoms with Crippen LogP contribution in [-0.4, -0.2) is 17.3 Å². The molecule has 0 amide bonds. The lowest BCUT2D eigenvalue weighted by molar-refractivity contribution is -0.137. The molecular weight excluding hydrogens is 227 g/mol. The van der Waals surface area contributed by atoms with Gasteiger partial charge in [-0.15, -0.1) is 11.8 Å².